The maximum Gasteiger partial charge on any atom is 0.0718 e. The predicted molar refractivity (Wildman–Crippen MR) is 80.9 cm³/mol. The minimum Gasteiger partial charge on any atom is -0.389 e. The van der Waals surface area contributed by atoms with E-state index >= 15 is 0 Å². The van der Waals surface area contributed by atoms with Crippen molar-refractivity contribution in [3.05, 3.63) is 0 Å². The lowest BCUT2D eigenvalue weighted by Crippen LogP contribution is -2.56. The summed E-state index contributed by atoms with van der Waals surface area (Å²) < 4.78 is 0. The third-order valence-corrected chi connectivity index (χ3v) is 6.42. The number of rotatable bonds is 4. The van der Waals surface area contributed by atoms with E-state index in [0.717, 1.165) is 31.6 Å². The van der Waals surface area contributed by atoms with Crippen molar-refractivity contribution in [1.82, 2.24) is 0 Å². The van der Waals surface area contributed by atoms with E-state index in [-0.39, 0.29) is 5.41 Å². The Morgan fingerprint density at radius 3 is 2.16 bits per heavy atom. The van der Waals surface area contributed by atoms with Gasteiger partial charge in [0.15, 0.2) is 0 Å². The first-order chi connectivity index (χ1) is 9.09. The molecular formula is C17H33NO. The van der Waals surface area contributed by atoms with Gasteiger partial charge in [0.25, 0.3) is 0 Å². The summed E-state index contributed by atoms with van der Waals surface area (Å²) in [5.41, 5.74) is 5.72. The summed E-state index contributed by atoms with van der Waals surface area (Å²) >= 11 is 0. The lowest BCUT2D eigenvalue weighted by Gasteiger charge is -2.53. The van der Waals surface area contributed by atoms with Gasteiger partial charge in [-0.2, -0.15) is 0 Å². The molecule has 2 aliphatic rings. The van der Waals surface area contributed by atoms with Crippen LogP contribution in [0, 0.1) is 17.3 Å². The van der Waals surface area contributed by atoms with Crippen LogP contribution < -0.4 is 5.73 Å². The molecule has 2 saturated carbocycles. The van der Waals surface area contributed by atoms with E-state index in [9.17, 15) is 5.11 Å². The van der Waals surface area contributed by atoms with Gasteiger partial charge in [-0.15, -0.1) is 0 Å². The Morgan fingerprint density at radius 2 is 1.63 bits per heavy atom. The molecule has 112 valence electrons. The van der Waals surface area contributed by atoms with Crippen LogP contribution in [0.15, 0.2) is 0 Å². The summed E-state index contributed by atoms with van der Waals surface area (Å²) in [5, 5.41) is 11.3. The summed E-state index contributed by atoms with van der Waals surface area (Å²) in [6.07, 6.45) is 11.8. The van der Waals surface area contributed by atoms with Gasteiger partial charge in [0.2, 0.25) is 0 Å². The van der Waals surface area contributed by atoms with Gasteiger partial charge in [-0.25, -0.2) is 0 Å². The standard InChI is InChI=1S/C17H33NO/c1-3-14-7-10-16(13-18,11-8-14)17(19)9-5-6-15(4-2)12-17/h14-15,19H,3-13,18H2,1-2H3. The highest BCUT2D eigenvalue weighted by Crippen LogP contribution is 2.53. The van der Waals surface area contributed by atoms with E-state index < -0.39 is 5.60 Å². The molecule has 0 bridgehead atoms. The molecule has 0 aromatic carbocycles. The van der Waals surface area contributed by atoms with Gasteiger partial charge < -0.3 is 10.8 Å². The molecule has 2 atom stereocenters. The third kappa shape index (κ3) is 2.85. The highest BCUT2D eigenvalue weighted by atomic mass is 16.3. The summed E-state index contributed by atoms with van der Waals surface area (Å²) in [5.74, 6) is 1.58. The first-order valence-corrected chi connectivity index (χ1v) is 8.51. The zero-order valence-electron chi connectivity index (χ0n) is 13.0. The molecule has 2 fully saturated rings. The fourth-order valence-electron chi connectivity index (χ4n) is 4.69. The van der Waals surface area contributed by atoms with Crippen molar-refractivity contribution in [3.8, 4) is 0 Å². The number of hydrogen-bond acceptors (Lipinski definition) is 2. The lowest BCUT2D eigenvalue weighted by molar-refractivity contribution is -0.137. The van der Waals surface area contributed by atoms with Gasteiger partial charge in [-0.3, -0.25) is 0 Å². The molecule has 3 N–H and O–H groups in total. The zero-order valence-corrected chi connectivity index (χ0v) is 13.0. The minimum atomic E-state index is -0.473. The number of aliphatic hydroxyl groups is 1. The largest absolute Gasteiger partial charge is 0.389 e. The second-order valence-electron chi connectivity index (χ2n) is 7.24. The highest BCUT2D eigenvalue weighted by molar-refractivity contribution is 5.04. The van der Waals surface area contributed by atoms with Crippen LogP contribution in [0.25, 0.3) is 0 Å². The van der Waals surface area contributed by atoms with Crippen LogP contribution in [-0.2, 0) is 0 Å². The van der Waals surface area contributed by atoms with E-state index in [1.54, 1.807) is 0 Å². The Bertz CT molecular complexity index is 283. The van der Waals surface area contributed by atoms with E-state index in [0.29, 0.717) is 12.5 Å². The Balaban J connectivity index is 2.11. The quantitative estimate of drug-likeness (QED) is 0.812. The monoisotopic (exact) mass is 267 g/mol. The van der Waals surface area contributed by atoms with Crippen molar-refractivity contribution in [2.45, 2.75) is 83.7 Å². The van der Waals surface area contributed by atoms with E-state index in [1.165, 1.54) is 38.5 Å². The number of nitrogens with two attached hydrogens (primary N) is 1. The Kier molecular flexibility index (Phi) is 4.94. The van der Waals surface area contributed by atoms with E-state index in [2.05, 4.69) is 13.8 Å². The first kappa shape index (κ1) is 15.3. The van der Waals surface area contributed by atoms with Gasteiger partial charge in [-0.05, 0) is 50.4 Å². The fraction of sp³-hybridized carbons (Fsp3) is 1.00. The van der Waals surface area contributed by atoms with Crippen LogP contribution in [0.4, 0.5) is 0 Å². The van der Waals surface area contributed by atoms with Crippen molar-refractivity contribution >= 4 is 0 Å². The van der Waals surface area contributed by atoms with E-state index in [4.69, 9.17) is 5.73 Å². The van der Waals surface area contributed by atoms with Crippen molar-refractivity contribution in [3.63, 3.8) is 0 Å². The molecule has 0 heterocycles. The molecule has 0 aromatic rings. The number of hydrogen-bond donors (Lipinski definition) is 2. The fourth-order valence-corrected chi connectivity index (χ4v) is 4.69. The van der Waals surface area contributed by atoms with Crippen LogP contribution in [0.3, 0.4) is 0 Å². The van der Waals surface area contributed by atoms with Crippen molar-refractivity contribution in [2.24, 2.45) is 23.0 Å². The first-order valence-electron chi connectivity index (χ1n) is 8.51. The zero-order chi connectivity index (χ0) is 13.9. The van der Waals surface area contributed by atoms with E-state index in [1.807, 2.05) is 0 Å². The highest BCUT2D eigenvalue weighted by Gasteiger charge is 2.51. The lowest BCUT2D eigenvalue weighted by atomic mass is 9.56. The van der Waals surface area contributed by atoms with Gasteiger partial charge in [0.1, 0.15) is 0 Å². The Hall–Kier alpha value is -0.0800. The van der Waals surface area contributed by atoms with Crippen LogP contribution >= 0.6 is 0 Å². The molecule has 2 heteroatoms. The van der Waals surface area contributed by atoms with Crippen molar-refractivity contribution in [1.29, 1.82) is 0 Å². The summed E-state index contributed by atoms with van der Waals surface area (Å²) in [4.78, 5) is 0. The summed E-state index contributed by atoms with van der Waals surface area (Å²) in [6, 6.07) is 0. The van der Waals surface area contributed by atoms with Crippen LogP contribution in [0.5, 0.6) is 0 Å². The Labute approximate surface area is 119 Å². The average Bonchev–Trinajstić information content (AvgIpc) is 2.47. The molecule has 2 unspecified atom stereocenters. The third-order valence-electron chi connectivity index (χ3n) is 6.42. The molecule has 0 aromatic heterocycles. The normalized spacial score (nSPS) is 44.2. The maximum absolute atomic E-state index is 11.3. The molecule has 0 amide bonds. The van der Waals surface area contributed by atoms with Crippen molar-refractivity contribution < 1.29 is 5.11 Å². The van der Waals surface area contributed by atoms with Crippen molar-refractivity contribution in [2.75, 3.05) is 6.54 Å². The summed E-state index contributed by atoms with van der Waals surface area (Å²) in [6.45, 7) is 5.23. The van der Waals surface area contributed by atoms with Gasteiger partial charge in [0, 0.05) is 12.0 Å². The van der Waals surface area contributed by atoms with Gasteiger partial charge in [0.05, 0.1) is 5.60 Å². The maximum atomic E-state index is 11.3. The van der Waals surface area contributed by atoms with Crippen LogP contribution in [0.1, 0.15) is 78.1 Å². The van der Waals surface area contributed by atoms with Crippen LogP contribution in [-0.4, -0.2) is 17.3 Å². The molecule has 0 aliphatic heterocycles. The molecule has 2 aliphatic carbocycles. The predicted octanol–water partition coefficient (Wildman–Crippen LogP) is 3.86. The molecule has 19 heavy (non-hydrogen) atoms. The molecule has 0 spiro atoms. The average molecular weight is 267 g/mol. The SMILES string of the molecule is CCC1CCC(CN)(C2(O)CCCC(CC)C2)CC1. The molecule has 0 radical (unpaired) electrons. The van der Waals surface area contributed by atoms with Crippen LogP contribution in [0.2, 0.25) is 0 Å². The molecular weight excluding hydrogens is 234 g/mol. The second kappa shape index (κ2) is 6.13. The topological polar surface area (TPSA) is 46.2 Å². The second-order valence-corrected chi connectivity index (χ2v) is 7.24. The summed E-state index contributed by atoms with van der Waals surface area (Å²) in [7, 11) is 0. The minimum absolute atomic E-state index is 0.0203. The van der Waals surface area contributed by atoms with Gasteiger partial charge >= 0.3 is 0 Å². The smallest absolute Gasteiger partial charge is 0.0718 e. The molecule has 2 rings (SSSR count). The molecule has 0 saturated heterocycles. The Morgan fingerprint density at radius 1 is 1.00 bits per heavy atom. The van der Waals surface area contributed by atoms with Gasteiger partial charge in [-0.1, -0.05) is 39.5 Å². The molecule has 2 nitrogen and oxygen atoms in total.